The molecule has 3 amide bonds. The van der Waals surface area contributed by atoms with Crippen molar-refractivity contribution in [3.8, 4) is 0 Å². The molecule has 250 valence electrons. The van der Waals surface area contributed by atoms with Crippen LogP contribution in [-0.2, 0) is 27.2 Å². The summed E-state index contributed by atoms with van der Waals surface area (Å²) < 4.78 is 28.3. The average molecular weight is 657 g/mol. The van der Waals surface area contributed by atoms with E-state index in [2.05, 4.69) is 22.0 Å². The number of rotatable bonds is 8. The van der Waals surface area contributed by atoms with Gasteiger partial charge in [0, 0.05) is 55.4 Å². The topological polar surface area (TPSA) is 90.5 Å². The van der Waals surface area contributed by atoms with Gasteiger partial charge in [-0.15, -0.1) is 0 Å². The zero-order chi connectivity index (χ0) is 33.1. The molecule has 0 bridgehead atoms. The number of nitrogens with one attached hydrogen (secondary N) is 3. The number of piperidine rings is 1. The molecule has 7 nitrogen and oxygen atoms in total. The number of carbonyl (C=O) groups excluding carboxylic acids is 3. The van der Waals surface area contributed by atoms with Crippen molar-refractivity contribution < 1.29 is 23.2 Å². The molecule has 3 N–H and O–H groups in total. The van der Waals surface area contributed by atoms with Gasteiger partial charge in [-0.05, 0) is 94.2 Å². The lowest BCUT2D eigenvalue weighted by molar-refractivity contribution is -0.150. The van der Waals surface area contributed by atoms with Crippen LogP contribution in [0.25, 0.3) is 0 Å². The van der Waals surface area contributed by atoms with Gasteiger partial charge in [0.05, 0.1) is 5.41 Å². The Morgan fingerprint density at radius 3 is 2.30 bits per heavy atom. The maximum absolute atomic E-state index is 14.1. The quantitative estimate of drug-likeness (QED) is 0.326. The number of amides is 3. The molecular weight excluding hydrogens is 610 g/mol. The molecule has 5 rings (SSSR count). The first-order chi connectivity index (χ1) is 21.7. The minimum absolute atomic E-state index is 0.117. The van der Waals surface area contributed by atoms with Gasteiger partial charge in [-0.1, -0.05) is 48.0 Å². The maximum atomic E-state index is 14.1. The van der Waals surface area contributed by atoms with Crippen molar-refractivity contribution in [2.24, 2.45) is 11.3 Å². The van der Waals surface area contributed by atoms with Gasteiger partial charge >= 0.3 is 0 Å². The largest absolute Gasteiger partial charge is 0.351 e. The van der Waals surface area contributed by atoms with Crippen LogP contribution in [0.1, 0.15) is 88.4 Å². The third kappa shape index (κ3) is 8.26. The molecule has 2 heterocycles. The second-order valence-corrected chi connectivity index (χ2v) is 14.9. The fourth-order valence-electron chi connectivity index (χ4n) is 7.49. The van der Waals surface area contributed by atoms with Gasteiger partial charge in [0.25, 0.3) is 0 Å². The van der Waals surface area contributed by atoms with E-state index in [0.717, 1.165) is 24.1 Å². The van der Waals surface area contributed by atoms with Crippen LogP contribution in [0.5, 0.6) is 0 Å². The first kappa shape index (κ1) is 34.3. The molecule has 10 heteroatoms. The van der Waals surface area contributed by atoms with Crippen LogP contribution in [0.2, 0.25) is 5.02 Å². The van der Waals surface area contributed by atoms with Gasteiger partial charge in [0.2, 0.25) is 23.6 Å². The van der Waals surface area contributed by atoms with E-state index in [-0.39, 0.29) is 61.8 Å². The molecule has 2 aliphatic heterocycles. The lowest BCUT2D eigenvalue weighted by atomic mass is 9.62. The number of hydrogen-bond acceptors (Lipinski definition) is 4. The Hall–Kier alpha value is -3.04. The van der Waals surface area contributed by atoms with Crippen LogP contribution in [0.15, 0.2) is 48.5 Å². The summed E-state index contributed by atoms with van der Waals surface area (Å²) in [5.74, 6) is -3.42. The highest BCUT2D eigenvalue weighted by molar-refractivity contribution is 6.30. The number of halogens is 3. The highest BCUT2D eigenvalue weighted by Crippen LogP contribution is 2.49. The predicted octanol–water partition coefficient (Wildman–Crippen LogP) is 5.99. The Morgan fingerprint density at radius 2 is 1.65 bits per heavy atom. The summed E-state index contributed by atoms with van der Waals surface area (Å²) in [4.78, 5) is 43.2. The zero-order valence-corrected chi connectivity index (χ0v) is 27.9. The molecule has 1 aliphatic carbocycles. The number of alkyl halides is 2. The summed E-state index contributed by atoms with van der Waals surface area (Å²) in [7, 11) is 0. The summed E-state index contributed by atoms with van der Waals surface area (Å²) in [6.07, 6.45) is 2.30. The third-order valence-electron chi connectivity index (χ3n) is 10.00. The number of carbonyl (C=O) groups is 3. The average Bonchev–Trinajstić information content (AvgIpc) is 3.01. The van der Waals surface area contributed by atoms with Crippen molar-refractivity contribution in [3.05, 3.63) is 70.2 Å². The number of likely N-dealkylation sites (tertiary alicyclic amines) is 1. The monoisotopic (exact) mass is 656 g/mol. The molecule has 0 aromatic heterocycles. The Balaban J connectivity index is 1.31. The van der Waals surface area contributed by atoms with E-state index >= 15 is 0 Å². The predicted molar refractivity (Wildman–Crippen MR) is 176 cm³/mol. The molecule has 2 atom stereocenters. The van der Waals surface area contributed by atoms with E-state index in [1.165, 1.54) is 5.56 Å². The number of nitrogens with zero attached hydrogens (tertiary/aromatic N) is 1. The SMILES string of the molecule is CC(C)(C)NC(=O)C1(C2CCC(F)(F)CC2)CCN(C(=O)C(Cc2ccc(Cl)cc2)NC(=O)CC2NCCc3ccccc32)CC1. The van der Waals surface area contributed by atoms with Gasteiger partial charge in [0.1, 0.15) is 6.04 Å². The smallest absolute Gasteiger partial charge is 0.248 e. The number of hydrogen-bond donors (Lipinski definition) is 3. The first-order valence-corrected chi connectivity index (χ1v) is 17.0. The molecule has 0 radical (unpaired) electrons. The molecule has 1 saturated heterocycles. The highest BCUT2D eigenvalue weighted by atomic mass is 35.5. The Morgan fingerprint density at radius 1 is 1.00 bits per heavy atom. The van der Waals surface area contributed by atoms with Crippen LogP contribution >= 0.6 is 11.6 Å². The normalized spacial score (nSPS) is 22.0. The second-order valence-electron chi connectivity index (χ2n) is 14.4. The summed E-state index contributed by atoms with van der Waals surface area (Å²) in [6, 6.07) is 14.4. The Bertz CT molecular complexity index is 1390. The minimum atomic E-state index is -2.70. The summed E-state index contributed by atoms with van der Waals surface area (Å²) in [6.45, 7) is 7.15. The highest BCUT2D eigenvalue weighted by Gasteiger charge is 2.51. The molecule has 2 fully saturated rings. The fraction of sp³-hybridized carbons (Fsp3) is 0.583. The van der Waals surface area contributed by atoms with E-state index in [4.69, 9.17) is 11.6 Å². The fourth-order valence-corrected chi connectivity index (χ4v) is 7.62. The summed E-state index contributed by atoms with van der Waals surface area (Å²) in [5, 5.41) is 10.2. The van der Waals surface area contributed by atoms with Gasteiger partial charge < -0.3 is 20.9 Å². The number of benzene rings is 2. The van der Waals surface area contributed by atoms with Crippen molar-refractivity contribution in [2.45, 2.75) is 102 Å². The van der Waals surface area contributed by atoms with Crippen LogP contribution in [-0.4, -0.2) is 59.8 Å². The molecule has 2 aromatic rings. The van der Waals surface area contributed by atoms with Gasteiger partial charge in [-0.25, -0.2) is 8.78 Å². The molecule has 46 heavy (non-hydrogen) atoms. The standard InChI is InChI=1S/C36H47ClF2N4O3/c1-34(2,3)42-33(46)35(26-12-15-36(38,39)16-13-26)17-20-43(21-18-35)32(45)30(22-24-8-10-27(37)11-9-24)41-31(44)23-29-28-7-5-4-6-25(28)14-19-40-29/h4-11,26,29-30,40H,12-23H2,1-3H3,(H,41,44)(H,42,46). The molecule has 3 aliphatic rings. The zero-order valence-electron chi connectivity index (χ0n) is 27.1. The van der Waals surface area contributed by atoms with Crippen LogP contribution in [0.4, 0.5) is 8.78 Å². The first-order valence-electron chi connectivity index (χ1n) is 16.6. The van der Waals surface area contributed by atoms with E-state index < -0.39 is 22.9 Å². The lowest BCUT2D eigenvalue weighted by Crippen LogP contribution is -2.59. The van der Waals surface area contributed by atoms with Crippen molar-refractivity contribution in [1.29, 1.82) is 0 Å². The second kappa shape index (κ2) is 14.0. The Labute approximate surface area is 276 Å². The van der Waals surface area contributed by atoms with Crippen molar-refractivity contribution in [2.75, 3.05) is 19.6 Å². The van der Waals surface area contributed by atoms with Crippen LogP contribution in [0.3, 0.4) is 0 Å². The van der Waals surface area contributed by atoms with Crippen molar-refractivity contribution >= 4 is 29.3 Å². The van der Waals surface area contributed by atoms with Gasteiger partial charge in [0.15, 0.2) is 0 Å². The molecule has 2 unspecified atom stereocenters. The summed E-state index contributed by atoms with van der Waals surface area (Å²) in [5.41, 5.74) is 1.89. The van der Waals surface area contributed by atoms with Gasteiger partial charge in [-0.2, -0.15) is 0 Å². The van der Waals surface area contributed by atoms with E-state index in [1.807, 2.05) is 51.1 Å². The van der Waals surface area contributed by atoms with Crippen molar-refractivity contribution in [1.82, 2.24) is 20.9 Å². The lowest BCUT2D eigenvalue weighted by Gasteiger charge is -2.48. The Kier molecular flexibility index (Phi) is 10.4. The summed E-state index contributed by atoms with van der Waals surface area (Å²) >= 11 is 6.11. The van der Waals surface area contributed by atoms with E-state index in [0.29, 0.717) is 37.4 Å². The molecule has 1 saturated carbocycles. The van der Waals surface area contributed by atoms with E-state index in [9.17, 15) is 23.2 Å². The van der Waals surface area contributed by atoms with Crippen LogP contribution < -0.4 is 16.0 Å². The van der Waals surface area contributed by atoms with Crippen LogP contribution in [0, 0.1) is 11.3 Å². The molecule has 0 spiro atoms. The molecule has 2 aromatic carbocycles. The van der Waals surface area contributed by atoms with Gasteiger partial charge in [-0.3, -0.25) is 14.4 Å². The molecular formula is C36H47ClF2N4O3. The third-order valence-corrected chi connectivity index (χ3v) is 10.3. The minimum Gasteiger partial charge on any atom is -0.351 e. The number of fused-ring (bicyclic) bond motifs is 1. The van der Waals surface area contributed by atoms with Crippen molar-refractivity contribution in [3.63, 3.8) is 0 Å². The van der Waals surface area contributed by atoms with E-state index in [1.54, 1.807) is 17.0 Å². The maximum Gasteiger partial charge on any atom is 0.248 e.